The normalized spacial score (nSPS) is 23.2. The highest BCUT2D eigenvalue weighted by Crippen LogP contribution is 2.36. The van der Waals surface area contributed by atoms with Crippen molar-refractivity contribution in [2.45, 2.75) is 31.1 Å². The van der Waals surface area contributed by atoms with Crippen LogP contribution in [-0.2, 0) is 6.54 Å². The molecular weight excluding hydrogens is 246 g/mol. The lowest BCUT2D eigenvalue weighted by Gasteiger charge is -2.23. The lowest BCUT2D eigenvalue weighted by molar-refractivity contribution is 0.0696. The van der Waals surface area contributed by atoms with Gasteiger partial charge in [-0.05, 0) is 43.2 Å². The predicted molar refractivity (Wildman–Crippen MR) is 75.2 cm³/mol. The first-order valence-corrected chi connectivity index (χ1v) is 7.25. The summed E-state index contributed by atoms with van der Waals surface area (Å²) in [5.74, 6) is 0.391. The van der Waals surface area contributed by atoms with Gasteiger partial charge in [0.2, 0.25) is 0 Å². The van der Waals surface area contributed by atoms with Crippen molar-refractivity contribution >= 4 is 17.7 Å². The largest absolute Gasteiger partial charge is 0.478 e. The quantitative estimate of drug-likeness (QED) is 0.859. The van der Waals surface area contributed by atoms with Crippen molar-refractivity contribution < 1.29 is 9.90 Å². The first kappa shape index (κ1) is 13.4. The number of rotatable bonds is 5. The van der Waals surface area contributed by atoms with Gasteiger partial charge in [0.1, 0.15) is 0 Å². The van der Waals surface area contributed by atoms with E-state index in [-0.39, 0.29) is 0 Å². The number of carbonyl (C=O) groups is 1. The molecule has 0 spiro atoms. The van der Waals surface area contributed by atoms with E-state index in [0.29, 0.717) is 10.3 Å². The summed E-state index contributed by atoms with van der Waals surface area (Å²) < 4.78 is 0.352. The molecule has 1 aromatic carbocycles. The Morgan fingerprint density at radius 3 is 3.06 bits per heavy atom. The van der Waals surface area contributed by atoms with Gasteiger partial charge in [-0.3, -0.25) is 0 Å². The molecule has 0 bridgehead atoms. The SMILES string of the molecule is CC1(CNCc2cccc(C(=O)O)c2)CCCS1. The van der Waals surface area contributed by atoms with Crippen LogP contribution < -0.4 is 5.32 Å². The monoisotopic (exact) mass is 265 g/mol. The zero-order valence-corrected chi connectivity index (χ0v) is 11.4. The molecule has 1 unspecified atom stereocenters. The second-order valence-electron chi connectivity index (χ2n) is 5.01. The molecule has 2 N–H and O–H groups in total. The van der Waals surface area contributed by atoms with Crippen LogP contribution in [0.4, 0.5) is 0 Å². The van der Waals surface area contributed by atoms with Gasteiger partial charge in [-0.2, -0.15) is 11.8 Å². The van der Waals surface area contributed by atoms with Gasteiger partial charge < -0.3 is 10.4 Å². The highest BCUT2D eigenvalue weighted by molar-refractivity contribution is 8.00. The van der Waals surface area contributed by atoms with Crippen LogP contribution in [0, 0.1) is 0 Å². The maximum Gasteiger partial charge on any atom is 0.335 e. The molecule has 0 aliphatic carbocycles. The van der Waals surface area contributed by atoms with E-state index in [1.54, 1.807) is 18.2 Å². The van der Waals surface area contributed by atoms with Crippen LogP contribution in [0.3, 0.4) is 0 Å². The van der Waals surface area contributed by atoms with Gasteiger partial charge in [0.25, 0.3) is 0 Å². The van der Waals surface area contributed by atoms with Gasteiger partial charge in [0, 0.05) is 17.8 Å². The molecule has 1 atom stereocenters. The molecule has 1 fully saturated rings. The zero-order chi connectivity index (χ0) is 13.0. The number of benzene rings is 1. The van der Waals surface area contributed by atoms with Crippen molar-refractivity contribution in [3.8, 4) is 0 Å². The number of carboxylic acids is 1. The van der Waals surface area contributed by atoms with Crippen molar-refractivity contribution in [1.29, 1.82) is 0 Å². The minimum atomic E-state index is -0.866. The van der Waals surface area contributed by atoms with Crippen LogP contribution in [0.2, 0.25) is 0 Å². The first-order chi connectivity index (χ1) is 8.59. The fourth-order valence-electron chi connectivity index (χ4n) is 2.26. The Kier molecular flexibility index (Phi) is 4.30. The van der Waals surface area contributed by atoms with E-state index >= 15 is 0 Å². The van der Waals surface area contributed by atoms with E-state index in [9.17, 15) is 4.79 Å². The number of thioether (sulfide) groups is 1. The van der Waals surface area contributed by atoms with Crippen LogP contribution in [0.25, 0.3) is 0 Å². The summed E-state index contributed by atoms with van der Waals surface area (Å²) >= 11 is 2.03. The molecule has 4 heteroatoms. The molecule has 1 aromatic rings. The Morgan fingerprint density at radius 2 is 2.39 bits per heavy atom. The summed E-state index contributed by atoms with van der Waals surface area (Å²) in [6, 6.07) is 7.12. The Bertz CT molecular complexity index is 428. The van der Waals surface area contributed by atoms with Gasteiger partial charge >= 0.3 is 5.97 Å². The first-order valence-electron chi connectivity index (χ1n) is 6.26. The van der Waals surface area contributed by atoms with Crippen molar-refractivity contribution in [1.82, 2.24) is 5.32 Å². The fourth-order valence-corrected chi connectivity index (χ4v) is 3.54. The number of nitrogens with one attached hydrogen (secondary N) is 1. The summed E-state index contributed by atoms with van der Waals surface area (Å²) in [5, 5.41) is 12.4. The Hall–Kier alpha value is -1.00. The second kappa shape index (κ2) is 5.76. The molecule has 18 heavy (non-hydrogen) atoms. The van der Waals surface area contributed by atoms with Crippen molar-refractivity contribution in [3.63, 3.8) is 0 Å². The number of carboxylic acid groups (broad SMARTS) is 1. The third kappa shape index (κ3) is 3.50. The highest BCUT2D eigenvalue weighted by atomic mass is 32.2. The van der Waals surface area contributed by atoms with Crippen molar-refractivity contribution in [2.75, 3.05) is 12.3 Å². The minimum Gasteiger partial charge on any atom is -0.478 e. The Morgan fingerprint density at radius 1 is 1.56 bits per heavy atom. The molecule has 1 aliphatic rings. The average molecular weight is 265 g/mol. The molecule has 98 valence electrons. The molecular formula is C14H19NO2S. The van der Waals surface area contributed by atoms with E-state index in [1.165, 1.54) is 18.6 Å². The van der Waals surface area contributed by atoms with E-state index in [2.05, 4.69) is 12.2 Å². The topological polar surface area (TPSA) is 49.3 Å². The predicted octanol–water partition coefficient (Wildman–Crippen LogP) is 2.76. The molecule has 3 nitrogen and oxygen atoms in total. The Balaban J connectivity index is 1.86. The molecule has 0 saturated carbocycles. The van der Waals surface area contributed by atoms with Crippen molar-refractivity contribution in [2.24, 2.45) is 0 Å². The molecule has 0 amide bonds. The van der Waals surface area contributed by atoms with Crippen LogP contribution >= 0.6 is 11.8 Å². The van der Waals surface area contributed by atoms with E-state index in [4.69, 9.17) is 5.11 Å². The lowest BCUT2D eigenvalue weighted by atomic mass is 10.1. The van der Waals surface area contributed by atoms with Gasteiger partial charge in [-0.1, -0.05) is 12.1 Å². The summed E-state index contributed by atoms with van der Waals surface area (Å²) in [7, 11) is 0. The van der Waals surface area contributed by atoms with Gasteiger partial charge in [-0.25, -0.2) is 4.79 Å². The molecule has 2 rings (SSSR count). The maximum absolute atomic E-state index is 10.9. The molecule has 0 aromatic heterocycles. The van der Waals surface area contributed by atoms with Crippen LogP contribution in [0.1, 0.15) is 35.7 Å². The molecule has 1 heterocycles. The number of hydrogen-bond acceptors (Lipinski definition) is 3. The summed E-state index contributed by atoms with van der Waals surface area (Å²) in [6.45, 7) is 4.01. The van der Waals surface area contributed by atoms with E-state index in [1.807, 2.05) is 17.8 Å². The molecule has 1 aliphatic heterocycles. The lowest BCUT2D eigenvalue weighted by Crippen LogP contribution is -2.32. The molecule has 1 saturated heterocycles. The number of aromatic carboxylic acids is 1. The summed E-state index contributed by atoms with van der Waals surface area (Å²) in [4.78, 5) is 10.9. The van der Waals surface area contributed by atoms with Crippen LogP contribution in [-0.4, -0.2) is 28.1 Å². The van der Waals surface area contributed by atoms with Crippen LogP contribution in [0.5, 0.6) is 0 Å². The number of hydrogen-bond donors (Lipinski definition) is 2. The second-order valence-corrected chi connectivity index (χ2v) is 6.69. The maximum atomic E-state index is 10.9. The fraction of sp³-hybridized carbons (Fsp3) is 0.500. The van der Waals surface area contributed by atoms with Gasteiger partial charge in [-0.15, -0.1) is 0 Å². The summed E-state index contributed by atoms with van der Waals surface area (Å²) in [5.41, 5.74) is 1.39. The average Bonchev–Trinajstić information content (AvgIpc) is 2.77. The van der Waals surface area contributed by atoms with Gasteiger partial charge in [0.05, 0.1) is 5.56 Å². The van der Waals surface area contributed by atoms with E-state index < -0.39 is 5.97 Å². The van der Waals surface area contributed by atoms with Crippen LogP contribution in [0.15, 0.2) is 24.3 Å². The smallest absolute Gasteiger partial charge is 0.335 e. The summed E-state index contributed by atoms with van der Waals surface area (Å²) in [6.07, 6.45) is 2.57. The van der Waals surface area contributed by atoms with Crippen molar-refractivity contribution in [3.05, 3.63) is 35.4 Å². The van der Waals surface area contributed by atoms with Gasteiger partial charge in [0.15, 0.2) is 0 Å². The third-order valence-electron chi connectivity index (χ3n) is 3.30. The Labute approximate surface area is 112 Å². The third-order valence-corrected chi connectivity index (χ3v) is 4.84. The standard InChI is InChI=1S/C14H19NO2S/c1-14(6-3-7-18-14)10-15-9-11-4-2-5-12(8-11)13(16)17/h2,4-5,8,15H,3,6-7,9-10H2,1H3,(H,16,17). The van der Waals surface area contributed by atoms with E-state index in [0.717, 1.165) is 18.7 Å². The molecule has 0 radical (unpaired) electrons. The highest BCUT2D eigenvalue weighted by Gasteiger charge is 2.28. The minimum absolute atomic E-state index is 0.352. The zero-order valence-electron chi connectivity index (χ0n) is 10.6.